The van der Waals surface area contributed by atoms with Gasteiger partial charge in [0.05, 0.1) is 5.56 Å². The average molecular weight is 286 g/mol. The van der Waals surface area contributed by atoms with E-state index in [0.29, 0.717) is 6.29 Å². The second kappa shape index (κ2) is 5.01. The summed E-state index contributed by atoms with van der Waals surface area (Å²) >= 11 is 5.62. The van der Waals surface area contributed by atoms with E-state index in [9.17, 15) is 18.0 Å². The first kappa shape index (κ1) is 13.5. The average Bonchev–Trinajstić information content (AvgIpc) is 2.37. The molecule has 2 nitrogen and oxygen atoms in total. The first-order valence-electron chi connectivity index (χ1n) is 5.21. The quantitative estimate of drug-likeness (QED) is 0.610. The number of nitrogens with zero attached hydrogens (tertiary/aromatic N) is 1. The number of pyridine rings is 1. The Kier molecular flexibility index (Phi) is 3.57. The van der Waals surface area contributed by atoms with Gasteiger partial charge in [-0.1, -0.05) is 29.8 Å². The second-order valence-electron chi connectivity index (χ2n) is 3.76. The van der Waals surface area contributed by atoms with Crippen molar-refractivity contribution in [1.82, 2.24) is 4.98 Å². The molecule has 0 spiro atoms. The molecule has 98 valence electrons. The number of alkyl halides is 3. The minimum atomic E-state index is -4.50. The van der Waals surface area contributed by atoms with Crippen molar-refractivity contribution in [1.29, 1.82) is 0 Å². The van der Waals surface area contributed by atoms with Crippen molar-refractivity contribution in [3.8, 4) is 11.1 Å². The molecule has 0 aliphatic carbocycles. The Morgan fingerprint density at radius 3 is 2.47 bits per heavy atom. The molecule has 2 aromatic rings. The van der Waals surface area contributed by atoms with Crippen LogP contribution in [0.25, 0.3) is 11.1 Å². The minimum absolute atomic E-state index is 0.0512. The lowest BCUT2D eigenvalue weighted by Crippen LogP contribution is -2.07. The van der Waals surface area contributed by atoms with Gasteiger partial charge >= 0.3 is 6.18 Å². The van der Waals surface area contributed by atoms with E-state index in [1.807, 2.05) is 0 Å². The van der Waals surface area contributed by atoms with Crippen LogP contribution in [0.2, 0.25) is 5.15 Å². The third-order valence-electron chi connectivity index (χ3n) is 2.55. The van der Waals surface area contributed by atoms with Gasteiger partial charge in [0.2, 0.25) is 0 Å². The van der Waals surface area contributed by atoms with E-state index in [4.69, 9.17) is 11.6 Å². The van der Waals surface area contributed by atoms with E-state index in [1.54, 1.807) is 0 Å². The maximum atomic E-state index is 12.9. The lowest BCUT2D eigenvalue weighted by Gasteiger charge is -2.13. The molecule has 0 saturated heterocycles. The molecule has 1 aromatic heterocycles. The molecular weight excluding hydrogens is 279 g/mol. The van der Waals surface area contributed by atoms with Crippen molar-refractivity contribution < 1.29 is 18.0 Å². The van der Waals surface area contributed by atoms with Gasteiger partial charge in [-0.05, 0) is 17.7 Å². The van der Waals surface area contributed by atoms with Crippen molar-refractivity contribution >= 4 is 17.9 Å². The van der Waals surface area contributed by atoms with Crippen LogP contribution in [0.15, 0.2) is 36.5 Å². The summed E-state index contributed by atoms with van der Waals surface area (Å²) < 4.78 is 38.7. The number of aldehydes is 1. The van der Waals surface area contributed by atoms with Gasteiger partial charge < -0.3 is 0 Å². The Balaban J connectivity index is 2.69. The molecule has 0 bridgehead atoms. The summed E-state index contributed by atoms with van der Waals surface area (Å²) in [6.45, 7) is 0. The maximum absolute atomic E-state index is 12.9. The smallest absolute Gasteiger partial charge is 0.298 e. The van der Waals surface area contributed by atoms with Gasteiger partial charge in [-0.15, -0.1) is 0 Å². The van der Waals surface area contributed by atoms with Crippen LogP contribution in [-0.2, 0) is 6.18 Å². The number of hydrogen-bond donors (Lipinski definition) is 0. The highest BCUT2D eigenvalue weighted by Gasteiger charge is 2.33. The number of aromatic nitrogens is 1. The number of rotatable bonds is 2. The highest BCUT2D eigenvalue weighted by atomic mass is 35.5. The van der Waals surface area contributed by atoms with Crippen LogP contribution in [0, 0.1) is 0 Å². The molecule has 2 rings (SSSR count). The van der Waals surface area contributed by atoms with Gasteiger partial charge in [0.25, 0.3) is 0 Å². The maximum Gasteiger partial charge on any atom is 0.417 e. The summed E-state index contributed by atoms with van der Waals surface area (Å²) in [6, 6.07) is 6.24. The standard InChI is InChI=1S/C13H7ClF3NO/c14-12-5-8(7-19)10(6-18-12)9-3-1-2-4-11(9)13(15,16)17/h1-7H. The van der Waals surface area contributed by atoms with Crippen LogP contribution >= 0.6 is 11.6 Å². The van der Waals surface area contributed by atoms with Crippen molar-refractivity contribution in [2.75, 3.05) is 0 Å². The van der Waals surface area contributed by atoms with E-state index in [0.717, 1.165) is 12.3 Å². The highest BCUT2D eigenvalue weighted by Crippen LogP contribution is 2.37. The largest absolute Gasteiger partial charge is 0.417 e. The number of hydrogen-bond acceptors (Lipinski definition) is 2. The topological polar surface area (TPSA) is 30.0 Å². The summed E-state index contributed by atoms with van der Waals surface area (Å²) in [5, 5.41) is 0.0512. The fraction of sp³-hybridized carbons (Fsp3) is 0.0769. The predicted octanol–water partition coefficient (Wildman–Crippen LogP) is 4.23. The summed E-state index contributed by atoms with van der Waals surface area (Å²) in [5.41, 5.74) is -0.743. The molecule has 0 aliphatic heterocycles. The Labute approximate surface area is 111 Å². The summed E-state index contributed by atoms with van der Waals surface area (Å²) in [7, 11) is 0. The van der Waals surface area contributed by atoms with E-state index in [2.05, 4.69) is 4.98 Å². The first-order chi connectivity index (χ1) is 8.93. The van der Waals surface area contributed by atoms with Crippen molar-refractivity contribution in [3.63, 3.8) is 0 Å². The van der Waals surface area contributed by atoms with Crippen LogP contribution in [0.1, 0.15) is 15.9 Å². The van der Waals surface area contributed by atoms with Gasteiger partial charge in [0, 0.05) is 17.3 Å². The zero-order chi connectivity index (χ0) is 14.0. The van der Waals surface area contributed by atoms with Gasteiger partial charge in [-0.25, -0.2) is 4.98 Å². The Hall–Kier alpha value is -1.88. The summed E-state index contributed by atoms with van der Waals surface area (Å²) in [6.07, 6.45) is -2.89. The molecule has 0 radical (unpaired) electrons. The van der Waals surface area contributed by atoms with Crippen LogP contribution in [0.4, 0.5) is 13.2 Å². The predicted molar refractivity (Wildman–Crippen MR) is 65.1 cm³/mol. The molecule has 19 heavy (non-hydrogen) atoms. The van der Waals surface area contributed by atoms with Crippen LogP contribution in [-0.4, -0.2) is 11.3 Å². The van der Waals surface area contributed by atoms with E-state index in [1.165, 1.54) is 24.3 Å². The zero-order valence-corrected chi connectivity index (χ0v) is 10.2. The Morgan fingerprint density at radius 1 is 1.16 bits per heavy atom. The zero-order valence-electron chi connectivity index (χ0n) is 9.41. The lowest BCUT2D eigenvalue weighted by atomic mass is 9.97. The SMILES string of the molecule is O=Cc1cc(Cl)ncc1-c1ccccc1C(F)(F)F. The number of carbonyl (C=O) groups excluding carboxylic acids is 1. The van der Waals surface area contributed by atoms with E-state index >= 15 is 0 Å². The third-order valence-corrected chi connectivity index (χ3v) is 2.76. The molecule has 0 fully saturated rings. The normalized spacial score (nSPS) is 11.4. The van der Waals surface area contributed by atoms with Crippen molar-refractivity contribution in [2.45, 2.75) is 6.18 Å². The van der Waals surface area contributed by atoms with Crippen molar-refractivity contribution in [3.05, 3.63) is 52.8 Å². The Morgan fingerprint density at radius 2 is 1.84 bits per heavy atom. The van der Waals surface area contributed by atoms with E-state index < -0.39 is 11.7 Å². The minimum Gasteiger partial charge on any atom is -0.298 e. The molecule has 0 unspecified atom stereocenters. The molecular formula is C13H7ClF3NO. The highest BCUT2D eigenvalue weighted by molar-refractivity contribution is 6.29. The lowest BCUT2D eigenvalue weighted by molar-refractivity contribution is -0.137. The van der Waals surface area contributed by atoms with E-state index in [-0.39, 0.29) is 21.8 Å². The van der Waals surface area contributed by atoms with Gasteiger partial charge in [0.15, 0.2) is 6.29 Å². The van der Waals surface area contributed by atoms with Crippen LogP contribution in [0.5, 0.6) is 0 Å². The van der Waals surface area contributed by atoms with Crippen LogP contribution in [0.3, 0.4) is 0 Å². The molecule has 0 aliphatic rings. The summed E-state index contributed by atoms with van der Waals surface area (Å²) in [4.78, 5) is 14.7. The van der Waals surface area contributed by atoms with Crippen molar-refractivity contribution in [2.24, 2.45) is 0 Å². The monoisotopic (exact) mass is 285 g/mol. The first-order valence-corrected chi connectivity index (χ1v) is 5.58. The number of benzene rings is 1. The molecule has 0 N–H and O–H groups in total. The van der Waals surface area contributed by atoms with Crippen LogP contribution < -0.4 is 0 Å². The van der Waals surface area contributed by atoms with Gasteiger partial charge in [-0.2, -0.15) is 13.2 Å². The molecule has 0 amide bonds. The number of carbonyl (C=O) groups is 1. The fourth-order valence-corrected chi connectivity index (χ4v) is 1.90. The second-order valence-corrected chi connectivity index (χ2v) is 4.14. The third kappa shape index (κ3) is 2.76. The van der Waals surface area contributed by atoms with Gasteiger partial charge in [0.1, 0.15) is 5.15 Å². The number of halogens is 4. The van der Waals surface area contributed by atoms with Gasteiger partial charge in [-0.3, -0.25) is 4.79 Å². The fourth-order valence-electron chi connectivity index (χ4n) is 1.73. The molecule has 0 atom stereocenters. The molecule has 1 heterocycles. The summed E-state index contributed by atoms with van der Waals surface area (Å²) in [5.74, 6) is 0. The molecule has 6 heteroatoms. The molecule has 1 aromatic carbocycles. The molecule has 0 saturated carbocycles. The Bertz CT molecular complexity index is 626.